The average Bonchev–Trinajstić information content (AvgIpc) is 2.53. The summed E-state index contributed by atoms with van der Waals surface area (Å²) in [6.45, 7) is 0. The van der Waals surface area contributed by atoms with E-state index in [0.29, 0.717) is 0 Å². The fraction of sp³-hybridized carbons (Fsp3) is 1.00. The molecule has 0 spiro atoms. The summed E-state index contributed by atoms with van der Waals surface area (Å²) in [6.07, 6.45) is 6.13. The molecule has 0 heterocycles. The standard InChI is InChI=1S/C9H21NO5P2/c1-15-17(13,14)9(16(11)12)10-8-6-4-2-3-5-7-8/h8-10,16H,2-7H2,1H3,(H,11,12)(H,13,14). The summed E-state index contributed by atoms with van der Waals surface area (Å²) in [5.74, 6) is 0. The molecule has 3 N–H and O–H groups in total. The van der Waals surface area contributed by atoms with E-state index in [-0.39, 0.29) is 6.04 Å². The predicted molar refractivity (Wildman–Crippen MR) is 66.5 cm³/mol. The highest BCUT2D eigenvalue weighted by Crippen LogP contribution is 2.54. The zero-order valence-corrected chi connectivity index (χ0v) is 11.9. The van der Waals surface area contributed by atoms with Crippen LogP contribution in [0, 0.1) is 0 Å². The molecule has 0 aliphatic heterocycles. The molecule has 1 fully saturated rings. The Balaban J connectivity index is 2.66. The van der Waals surface area contributed by atoms with Gasteiger partial charge in [0.1, 0.15) is 0 Å². The number of hydrogen-bond donors (Lipinski definition) is 3. The second-order valence-corrected chi connectivity index (χ2v) is 8.09. The van der Waals surface area contributed by atoms with Gasteiger partial charge in [0.25, 0.3) is 0 Å². The number of nitrogens with one attached hydrogen (secondary N) is 1. The largest absolute Gasteiger partial charge is 0.354 e. The Morgan fingerprint density at radius 1 is 1.35 bits per heavy atom. The Bertz CT molecular complexity index is 304. The quantitative estimate of drug-likeness (QED) is 0.527. The lowest BCUT2D eigenvalue weighted by Gasteiger charge is -2.25. The SMILES string of the molecule is COP(=O)(O)C(NC1CCCCCC1)[PH](=O)O. The van der Waals surface area contributed by atoms with Gasteiger partial charge >= 0.3 is 7.60 Å². The molecule has 0 bridgehead atoms. The average molecular weight is 285 g/mol. The van der Waals surface area contributed by atoms with Gasteiger partial charge in [0.15, 0.2) is 5.52 Å². The molecule has 3 unspecified atom stereocenters. The van der Waals surface area contributed by atoms with E-state index >= 15 is 0 Å². The van der Waals surface area contributed by atoms with Gasteiger partial charge in [0.05, 0.1) is 0 Å². The monoisotopic (exact) mass is 285 g/mol. The molecule has 0 amide bonds. The Kier molecular flexibility index (Phi) is 6.35. The van der Waals surface area contributed by atoms with Crippen molar-refractivity contribution in [1.82, 2.24) is 5.32 Å². The summed E-state index contributed by atoms with van der Waals surface area (Å²) in [7, 11) is -6.12. The lowest BCUT2D eigenvalue weighted by atomic mass is 10.1. The van der Waals surface area contributed by atoms with Crippen molar-refractivity contribution in [2.75, 3.05) is 7.11 Å². The van der Waals surface area contributed by atoms with E-state index in [0.717, 1.165) is 45.6 Å². The lowest BCUT2D eigenvalue weighted by Crippen LogP contribution is -2.36. The molecule has 1 aliphatic carbocycles. The van der Waals surface area contributed by atoms with Crippen molar-refractivity contribution in [1.29, 1.82) is 0 Å². The first-order valence-corrected chi connectivity index (χ1v) is 8.92. The van der Waals surface area contributed by atoms with E-state index < -0.39 is 21.1 Å². The fourth-order valence-corrected chi connectivity index (χ4v) is 4.50. The van der Waals surface area contributed by atoms with Crippen LogP contribution < -0.4 is 5.32 Å². The van der Waals surface area contributed by atoms with Gasteiger partial charge in [0.2, 0.25) is 8.03 Å². The van der Waals surface area contributed by atoms with Crippen LogP contribution in [0.4, 0.5) is 0 Å². The van der Waals surface area contributed by atoms with Gasteiger partial charge in [-0.3, -0.25) is 14.4 Å². The highest BCUT2D eigenvalue weighted by atomic mass is 31.2. The van der Waals surface area contributed by atoms with Crippen molar-refractivity contribution in [3.05, 3.63) is 0 Å². The van der Waals surface area contributed by atoms with Gasteiger partial charge in [-0.05, 0) is 12.8 Å². The fourth-order valence-electron chi connectivity index (χ4n) is 2.08. The van der Waals surface area contributed by atoms with Crippen LogP contribution in [0.1, 0.15) is 38.5 Å². The molecule has 3 atom stereocenters. The first-order chi connectivity index (χ1) is 7.97. The first kappa shape index (κ1) is 15.4. The Morgan fingerprint density at radius 2 is 1.88 bits per heavy atom. The van der Waals surface area contributed by atoms with Gasteiger partial charge in [-0.25, -0.2) is 0 Å². The van der Waals surface area contributed by atoms with Crippen molar-refractivity contribution in [3.63, 3.8) is 0 Å². The van der Waals surface area contributed by atoms with Crippen LogP contribution in [-0.2, 0) is 13.7 Å². The third-order valence-corrected chi connectivity index (χ3v) is 6.67. The maximum atomic E-state index is 11.6. The van der Waals surface area contributed by atoms with E-state index in [4.69, 9.17) is 4.89 Å². The van der Waals surface area contributed by atoms with E-state index in [1.807, 2.05) is 0 Å². The normalized spacial score (nSPS) is 25.8. The molecule has 1 aliphatic rings. The van der Waals surface area contributed by atoms with Crippen LogP contribution in [0.15, 0.2) is 0 Å². The minimum atomic E-state index is -4.05. The summed E-state index contributed by atoms with van der Waals surface area (Å²) in [4.78, 5) is 18.6. The molecular formula is C9H21NO5P2. The van der Waals surface area contributed by atoms with Gasteiger partial charge in [0, 0.05) is 13.2 Å². The molecule has 8 heteroatoms. The highest BCUT2D eigenvalue weighted by Gasteiger charge is 2.37. The minimum absolute atomic E-state index is 0.0271. The van der Waals surface area contributed by atoms with Gasteiger partial charge in [-0.2, -0.15) is 0 Å². The highest BCUT2D eigenvalue weighted by molar-refractivity contribution is 7.66. The molecule has 17 heavy (non-hydrogen) atoms. The van der Waals surface area contributed by atoms with E-state index in [9.17, 15) is 14.0 Å². The maximum absolute atomic E-state index is 11.6. The zero-order chi connectivity index (χ0) is 12.9. The van der Waals surface area contributed by atoms with Crippen LogP contribution in [0.25, 0.3) is 0 Å². The zero-order valence-electron chi connectivity index (χ0n) is 9.96. The van der Waals surface area contributed by atoms with Crippen molar-refractivity contribution in [2.45, 2.75) is 50.1 Å². The van der Waals surface area contributed by atoms with Crippen molar-refractivity contribution >= 4 is 15.6 Å². The smallest absolute Gasteiger partial charge is 0.345 e. The summed E-state index contributed by atoms with van der Waals surface area (Å²) in [6, 6.07) is 0.0271. The molecule has 102 valence electrons. The molecule has 1 saturated carbocycles. The molecule has 0 aromatic rings. The molecule has 0 aromatic carbocycles. The van der Waals surface area contributed by atoms with E-state index in [1.165, 1.54) is 0 Å². The summed E-state index contributed by atoms with van der Waals surface area (Å²) in [5, 5.41) is 2.83. The molecule has 0 radical (unpaired) electrons. The van der Waals surface area contributed by atoms with Crippen LogP contribution in [0.3, 0.4) is 0 Å². The number of rotatable bonds is 5. The van der Waals surface area contributed by atoms with Gasteiger partial charge < -0.3 is 14.3 Å². The molecule has 0 aromatic heterocycles. The Morgan fingerprint density at radius 3 is 2.29 bits per heavy atom. The molecule has 6 nitrogen and oxygen atoms in total. The van der Waals surface area contributed by atoms with Crippen LogP contribution in [0.2, 0.25) is 0 Å². The Labute approximate surface area is 102 Å². The van der Waals surface area contributed by atoms with Crippen LogP contribution in [-0.4, -0.2) is 28.5 Å². The predicted octanol–water partition coefficient (Wildman–Crippen LogP) is 1.88. The molecule has 0 saturated heterocycles. The second-order valence-electron chi connectivity index (χ2n) is 4.34. The first-order valence-electron chi connectivity index (χ1n) is 5.84. The van der Waals surface area contributed by atoms with Crippen molar-refractivity contribution in [3.8, 4) is 0 Å². The third-order valence-electron chi connectivity index (χ3n) is 3.07. The van der Waals surface area contributed by atoms with Crippen LogP contribution >= 0.6 is 15.6 Å². The van der Waals surface area contributed by atoms with Gasteiger partial charge in [-0.15, -0.1) is 0 Å². The number of hydrogen-bond acceptors (Lipinski definition) is 4. The molecular weight excluding hydrogens is 264 g/mol. The van der Waals surface area contributed by atoms with E-state index in [1.54, 1.807) is 0 Å². The second kappa shape index (κ2) is 7.03. The third kappa shape index (κ3) is 4.82. The minimum Gasteiger partial charge on any atom is -0.345 e. The van der Waals surface area contributed by atoms with Crippen molar-refractivity contribution < 1.29 is 23.4 Å². The maximum Gasteiger partial charge on any atom is 0.354 e. The summed E-state index contributed by atoms with van der Waals surface area (Å²) < 4.78 is 27.2. The summed E-state index contributed by atoms with van der Waals surface area (Å²) in [5.41, 5.74) is -1.35. The molecule has 1 rings (SSSR count). The van der Waals surface area contributed by atoms with Crippen LogP contribution in [0.5, 0.6) is 0 Å². The van der Waals surface area contributed by atoms with Crippen molar-refractivity contribution in [2.24, 2.45) is 0 Å². The lowest BCUT2D eigenvalue weighted by molar-refractivity contribution is 0.298. The van der Waals surface area contributed by atoms with Gasteiger partial charge in [-0.1, -0.05) is 25.7 Å². The summed E-state index contributed by atoms with van der Waals surface area (Å²) >= 11 is 0. The van der Waals surface area contributed by atoms with E-state index in [2.05, 4.69) is 9.84 Å². The topological polar surface area (TPSA) is 95.9 Å². The Hall–Kier alpha value is 0.300.